The average Bonchev–Trinajstić information content (AvgIpc) is 3.24. The van der Waals surface area contributed by atoms with Crippen LogP contribution in [0.3, 0.4) is 0 Å². The van der Waals surface area contributed by atoms with Crippen LogP contribution in [0.5, 0.6) is 0 Å². The van der Waals surface area contributed by atoms with Gasteiger partial charge in [-0.3, -0.25) is 0 Å². The van der Waals surface area contributed by atoms with E-state index in [0.717, 1.165) is 0 Å². The molecule has 2 unspecified atom stereocenters. The molecular weight excluding hydrogens is 498 g/mol. The van der Waals surface area contributed by atoms with Crippen LogP contribution in [-0.2, 0) is 19.8 Å². The summed E-state index contributed by atoms with van der Waals surface area (Å²) in [4.78, 5) is 0. The maximum absolute atomic E-state index is 3.01. The molecule has 31 heavy (non-hydrogen) atoms. The number of halogens is 2. The van der Waals surface area contributed by atoms with Gasteiger partial charge in [0.15, 0.2) is 0 Å². The molecule has 2 aliphatic rings. The molecule has 0 aromatic heterocycles. The number of hydrogen-bond acceptors (Lipinski definition) is 0. The Morgan fingerprint density at radius 2 is 1.03 bits per heavy atom. The van der Waals surface area contributed by atoms with Gasteiger partial charge < -0.3 is 0 Å². The Hall–Kier alpha value is -1.53. The van der Waals surface area contributed by atoms with E-state index in [2.05, 4.69) is 113 Å². The minimum Gasteiger partial charge on any atom is -0.147 e. The Bertz CT molecular complexity index is 1130. The first-order valence-corrected chi connectivity index (χ1v) is 17.2. The van der Waals surface area contributed by atoms with Gasteiger partial charge in [-0.05, 0) is 0 Å². The van der Waals surface area contributed by atoms with E-state index in [4.69, 9.17) is 0 Å². The van der Waals surface area contributed by atoms with E-state index in [9.17, 15) is 0 Å². The molecule has 0 fully saturated rings. The third kappa shape index (κ3) is 4.13. The van der Waals surface area contributed by atoms with Gasteiger partial charge in [0.05, 0.1) is 0 Å². The average molecular weight is 528 g/mol. The van der Waals surface area contributed by atoms with E-state index < -0.39 is 19.8 Å². The maximum Gasteiger partial charge on any atom is -0.147 e. The van der Waals surface area contributed by atoms with Gasteiger partial charge in [-0.1, -0.05) is 0 Å². The van der Waals surface area contributed by atoms with E-state index in [0.29, 0.717) is 7.25 Å². The zero-order valence-electron chi connectivity index (χ0n) is 18.2. The van der Waals surface area contributed by atoms with Gasteiger partial charge in [-0.2, -0.15) is 0 Å². The molecular formula is C28H29Cl2Zr. The largest absolute Gasteiger partial charge is 0.147 e. The molecule has 0 aliphatic heterocycles. The van der Waals surface area contributed by atoms with E-state index in [1.165, 1.54) is 16.7 Å². The Balaban J connectivity index is 0.00000136. The first-order valence-electron chi connectivity index (χ1n) is 10.5. The molecule has 5 rings (SSSR count). The summed E-state index contributed by atoms with van der Waals surface area (Å²) in [6.45, 7) is 4.72. The van der Waals surface area contributed by atoms with Crippen LogP contribution in [0, 0.1) is 0 Å². The fourth-order valence-electron chi connectivity index (χ4n) is 5.85. The van der Waals surface area contributed by atoms with Crippen molar-refractivity contribution in [1.29, 1.82) is 0 Å². The fraction of sp³-hybridized carbons (Fsp3) is 0.179. The number of benzene rings is 3. The van der Waals surface area contributed by atoms with Crippen molar-refractivity contribution in [2.75, 3.05) is 0 Å². The number of fused-ring (bicyclic) bond motifs is 2. The third-order valence-corrected chi connectivity index (χ3v) is 19.0. The summed E-state index contributed by atoms with van der Waals surface area (Å²) in [7, 11) is 0. The van der Waals surface area contributed by atoms with Crippen LogP contribution in [-0.4, -0.2) is 3.71 Å². The van der Waals surface area contributed by atoms with Crippen LogP contribution in [0.4, 0.5) is 0 Å². The molecule has 3 heteroatoms. The minimum absolute atomic E-state index is 0. The van der Waals surface area contributed by atoms with Crippen LogP contribution >= 0.6 is 24.8 Å². The first-order chi connectivity index (χ1) is 14.1. The molecule has 2 atom stereocenters. The van der Waals surface area contributed by atoms with Crippen LogP contribution in [0.15, 0.2) is 90.0 Å². The van der Waals surface area contributed by atoms with Gasteiger partial charge >= 0.3 is 179 Å². The zero-order chi connectivity index (χ0) is 20.0. The molecule has 0 bridgehead atoms. The number of allylic oxidation sites excluding steroid dienone is 2. The smallest absolute Gasteiger partial charge is 0.147 e. The molecule has 2 aliphatic carbocycles. The predicted octanol–water partition coefficient (Wildman–Crippen LogP) is 8.20. The summed E-state index contributed by atoms with van der Waals surface area (Å²) < 4.78 is 6.55. The molecule has 0 saturated heterocycles. The van der Waals surface area contributed by atoms with Crippen LogP contribution in [0.2, 0.25) is 4.63 Å². The first kappa shape index (κ1) is 24.1. The molecule has 0 heterocycles. The van der Waals surface area contributed by atoms with Gasteiger partial charge in [-0.15, -0.1) is 24.8 Å². The Labute approximate surface area is 202 Å². The molecule has 159 valence electrons. The van der Waals surface area contributed by atoms with Crippen molar-refractivity contribution >= 4 is 40.7 Å². The van der Waals surface area contributed by atoms with E-state index >= 15 is 0 Å². The fourth-order valence-corrected chi connectivity index (χ4v) is 19.5. The normalized spacial score (nSPS) is 20.2. The summed E-state index contributed by atoms with van der Waals surface area (Å²) in [6.07, 6.45) is 4.88. The second kappa shape index (κ2) is 9.54. The Kier molecular flexibility index (Phi) is 7.42. The summed E-state index contributed by atoms with van der Waals surface area (Å²) in [5, 5.41) is 0. The molecule has 0 spiro atoms. The van der Waals surface area contributed by atoms with Crippen molar-refractivity contribution in [3.63, 3.8) is 0 Å². The van der Waals surface area contributed by atoms with Crippen molar-refractivity contribution in [2.24, 2.45) is 0 Å². The quantitative estimate of drug-likeness (QED) is 0.322. The van der Waals surface area contributed by atoms with Crippen LogP contribution < -0.4 is 0 Å². The van der Waals surface area contributed by atoms with Gasteiger partial charge in [0.2, 0.25) is 0 Å². The van der Waals surface area contributed by atoms with E-state index in [1.807, 2.05) is 0 Å². The monoisotopic (exact) mass is 525 g/mol. The van der Waals surface area contributed by atoms with Crippen molar-refractivity contribution in [3.05, 3.63) is 118 Å². The van der Waals surface area contributed by atoms with E-state index in [-0.39, 0.29) is 24.8 Å². The maximum atomic E-state index is 2.74. The summed E-state index contributed by atoms with van der Waals surface area (Å²) in [5.41, 5.74) is 10.4. The molecule has 0 amide bonds. The molecule has 0 radical (unpaired) electrons. The van der Waals surface area contributed by atoms with Crippen molar-refractivity contribution in [1.82, 2.24) is 0 Å². The predicted molar refractivity (Wildman–Crippen MR) is 138 cm³/mol. The molecule has 0 nitrogen and oxygen atoms in total. The van der Waals surface area contributed by atoms with Gasteiger partial charge in [0.1, 0.15) is 0 Å². The molecule has 0 N–H and O–H groups in total. The van der Waals surface area contributed by atoms with Crippen LogP contribution in [0.25, 0.3) is 12.2 Å². The third-order valence-electron chi connectivity index (χ3n) is 6.81. The second-order valence-electron chi connectivity index (χ2n) is 8.82. The molecule has 0 saturated carbocycles. The van der Waals surface area contributed by atoms with Crippen LogP contribution in [0.1, 0.15) is 48.9 Å². The Morgan fingerprint density at radius 1 is 0.613 bits per heavy atom. The van der Waals surface area contributed by atoms with Gasteiger partial charge in [0.25, 0.3) is 0 Å². The summed E-state index contributed by atoms with van der Waals surface area (Å²) in [5.74, 6) is 0. The van der Waals surface area contributed by atoms with Crippen molar-refractivity contribution in [3.8, 4) is 0 Å². The minimum atomic E-state index is -3.01. The van der Waals surface area contributed by atoms with E-state index in [1.54, 1.807) is 22.3 Å². The topological polar surface area (TPSA) is 0 Å². The summed E-state index contributed by atoms with van der Waals surface area (Å²) >= 11 is -3.01. The number of rotatable bonds is 3. The molecule has 3 aromatic rings. The number of hydrogen-bond donors (Lipinski definition) is 0. The van der Waals surface area contributed by atoms with Crippen molar-refractivity contribution < 1.29 is 19.8 Å². The SMILES string of the molecule is CC1=Cc2ccccc2[CH]1[Zr]([CH3])(=[CH]c1ccccc1)[CH]1C(C)=Cc2ccccc21.Cl.Cl. The van der Waals surface area contributed by atoms with Gasteiger partial charge in [-0.25, -0.2) is 0 Å². The van der Waals surface area contributed by atoms with Crippen molar-refractivity contribution in [2.45, 2.75) is 25.7 Å². The standard InChI is InChI=1S/2C10H9.C7H6.CH3.2ClH.Zr/c2*1-8-6-9-4-2-3-5-10(9)7-8;1-7-5-3-2-4-6-7;;;;/h2*2-7H,1H3;1-6H;1H3;2*1H;. The van der Waals surface area contributed by atoms with Gasteiger partial charge in [0, 0.05) is 0 Å². The molecule has 3 aromatic carbocycles. The summed E-state index contributed by atoms with van der Waals surface area (Å²) in [6, 6.07) is 29.2. The second-order valence-corrected chi connectivity index (χ2v) is 19.1. The zero-order valence-corrected chi connectivity index (χ0v) is 22.3. The Morgan fingerprint density at radius 3 is 1.52 bits per heavy atom.